The molecule has 0 bridgehead atoms. The van der Waals surface area contributed by atoms with Crippen LogP contribution in [0.5, 0.6) is 5.75 Å². The third-order valence-corrected chi connectivity index (χ3v) is 2.81. The number of aromatic hydroxyl groups is 1. The first-order chi connectivity index (χ1) is 7.79. The molecule has 1 aliphatic heterocycles. The van der Waals surface area contributed by atoms with E-state index in [1.54, 1.807) is 12.1 Å². The second-order valence-electron chi connectivity index (χ2n) is 4.02. The molecule has 4 heteroatoms. The molecule has 88 valence electrons. The van der Waals surface area contributed by atoms with Crippen LogP contribution in [-0.2, 0) is 11.3 Å². The minimum atomic E-state index is -0.141. The largest absolute Gasteiger partial charge is 0.508 e. The molecule has 2 rings (SSSR count). The summed E-state index contributed by atoms with van der Waals surface area (Å²) in [6.07, 6.45) is 2.49. The second kappa shape index (κ2) is 5.18. The number of hydrogen-bond donors (Lipinski definition) is 3. The van der Waals surface area contributed by atoms with E-state index in [1.807, 2.05) is 6.07 Å². The van der Waals surface area contributed by atoms with Crippen molar-refractivity contribution in [2.24, 2.45) is 0 Å². The number of phenols is 1. The molecule has 3 N–H and O–H groups in total. The molecule has 1 aliphatic rings. The van der Waals surface area contributed by atoms with Gasteiger partial charge in [-0.1, -0.05) is 6.07 Å². The highest BCUT2D eigenvalue weighted by molar-refractivity contribution is 5.51. The molecule has 1 heterocycles. The number of aliphatic hydroxyl groups is 1. The van der Waals surface area contributed by atoms with Crippen LogP contribution >= 0.6 is 0 Å². The van der Waals surface area contributed by atoms with E-state index in [1.165, 1.54) is 0 Å². The number of aliphatic hydroxyl groups excluding tert-OH is 1. The minimum absolute atomic E-state index is 0.125. The number of hydrogen-bond acceptors (Lipinski definition) is 4. The molecule has 0 radical (unpaired) electrons. The van der Waals surface area contributed by atoms with Crippen LogP contribution in [0.25, 0.3) is 0 Å². The van der Waals surface area contributed by atoms with E-state index >= 15 is 0 Å². The van der Waals surface area contributed by atoms with Gasteiger partial charge in [-0.3, -0.25) is 0 Å². The van der Waals surface area contributed by atoms with Crippen LogP contribution in [0.15, 0.2) is 18.2 Å². The van der Waals surface area contributed by atoms with Crippen molar-refractivity contribution in [1.29, 1.82) is 0 Å². The molecule has 0 amide bonds. The fourth-order valence-corrected chi connectivity index (χ4v) is 1.84. The molecule has 1 aromatic rings. The van der Waals surface area contributed by atoms with Crippen molar-refractivity contribution < 1.29 is 14.9 Å². The third kappa shape index (κ3) is 2.65. The van der Waals surface area contributed by atoms with Gasteiger partial charge in [0.15, 0.2) is 0 Å². The van der Waals surface area contributed by atoms with E-state index in [-0.39, 0.29) is 18.5 Å². The molecule has 1 unspecified atom stereocenters. The van der Waals surface area contributed by atoms with Gasteiger partial charge in [0.1, 0.15) is 5.75 Å². The summed E-state index contributed by atoms with van der Waals surface area (Å²) in [6.45, 7) is 1.47. The van der Waals surface area contributed by atoms with Crippen LogP contribution in [-0.4, -0.2) is 29.5 Å². The van der Waals surface area contributed by atoms with E-state index in [2.05, 4.69) is 5.32 Å². The average molecular weight is 223 g/mol. The van der Waals surface area contributed by atoms with Gasteiger partial charge in [0.05, 0.1) is 12.7 Å². The van der Waals surface area contributed by atoms with Gasteiger partial charge in [-0.05, 0) is 18.9 Å². The lowest BCUT2D eigenvalue weighted by Crippen LogP contribution is -2.18. The van der Waals surface area contributed by atoms with Gasteiger partial charge in [0, 0.05) is 30.5 Å². The van der Waals surface area contributed by atoms with Crippen molar-refractivity contribution >= 4 is 5.69 Å². The quantitative estimate of drug-likeness (QED) is 0.723. The van der Waals surface area contributed by atoms with Gasteiger partial charge in [0.2, 0.25) is 0 Å². The van der Waals surface area contributed by atoms with E-state index in [9.17, 15) is 5.11 Å². The van der Waals surface area contributed by atoms with Crippen LogP contribution in [0.4, 0.5) is 5.69 Å². The van der Waals surface area contributed by atoms with Gasteiger partial charge >= 0.3 is 0 Å². The van der Waals surface area contributed by atoms with Crippen LogP contribution in [0.2, 0.25) is 0 Å². The van der Waals surface area contributed by atoms with Crippen molar-refractivity contribution in [3.05, 3.63) is 23.8 Å². The molecule has 1 atom stereocenters. The minimum Gasteiger partial charge on any atom is -0.508 e. The molecule has 1 saturated heterocycles. The maximum absolute atomic E-state index is 9.55. The molecule has 0 spiro atoms. The Balaban J connectivity index is 1.91. The molecule has 0 saturated carbocycles. The average Bonchev–Trinajstić information content (AvgIpc) is 2.79. The zero-order chi connectivity index (χ0) is 11.4. The van der Waals surface area contributed by atoms with Crippen molar-refractivity contribution in [3.63, 3.8) is 0 Å². The van der Waals surface area contributed by atoms with E-state index < -0.39 is 0 Å². The van der Waals surface area contributed by atoms with Crippen molar-refractivity contribution in [3.8, 4) is 5.75 Å². The molecule has 16 heavy (non-hydrogen) atoms. The maximum atomic E-state index is 9.55. The Labute approximate surface area is 94.9 Å². The summed E-state index contributed by atoms with van der Waals surface area (Å²) in [6, 6.07) is 5.19. The van der Waals surface area contributed by atoms with Gasteiger partial charge < -0.3 is 20.3 Å². The fraction of sp³-hybridized carbons (Fsp3) is 0.500. The van der Waals surface area contributed by atoms with Gasteiger partial charge in [-0.25, -0.2) is 0 Å². The summed E-state index contributed by atoms with van der Waals surface area (Å²) in [5.41, 5.74) is 1.40. The Morgan fingerprint density at radius 1 is 1.44 bits per heavy atom. The third-order valence-electron chi connectivity index (χ3n) is 2.81. The van der Waals surface area contributed by atoms with Gasteiger partial charge in [0.25, 0.3) is 0 Å². The molecule has 1 fully saturated rings. The van der Waals surface area contributed by atoms with Crippen molar-refractivity contribution in [2.45, 2.75) is 25.6 Å². The summed E-state index contributed by atoms with van der Waals surface area (Å²) >= 11 is 0. The van der Waals surface area contributed by atoms with E-state index in [0.29, 0.717) is 5.56 Å². The molecular formula is C12H17NO3. The summed E-state index contributed by atoms with van der Waals surface area (Å²) < 4.78 is 5.48. The lowest BCUT2D eigenvalue weighted by molar-refractivity contribution is 0.120. The van der Waals surface area contributed by atoms with Crippen LogP contribution < -0.4 is 5.32 Å². The standard InChI is InChI=1S/C12H17NO3/c14-8-9-3-4-10(6-12(9)15)13-7-11-2-1-5-16-11/h3-4,6,11,13-15H,1-2,5,7-8H2. The SMILES string of the molecule is OCc1ccc(NCC2CCCO2)cc1O. The highest BCUT2D eigenvalue weighted by atomic mass is 16.5. The Bertz CT molecular complexity index is 348. The Hall–Kier alpha value is -1.26. The first-order valence-electron chi connectivity index (χ1n) is 5.58. The van der Waals surface area contributed by atoms with Crippen molar-refractivity contribution in [2.75, 3.05) is 18.5 Å². The summed E-state index contributed by atoms with van der Waals surface area (Å²) in [5, 5.41) is 21.7. The topological polar surface area (TPSA) is 61.7 Å². The van der Waals surface area contributed by atoms with E-state index in [4.69, 9.17) is 9.84 Å². The first-order valence-corrected chi connectivity index (χ1v) is 5.58. The normalized spacial score (nSPS) is 19.9. The lowest BCUT2D eigenvalue weighted by Gasteiger charge is -2.12. The van der Waals surface area contributed by atoms with Crippen LogP contribution in [0.3, 0.4) is 0 Å². The van der Waals surface area contributed by atoms with Crippen LogP contribution in [0, 0.1) is 0 Å². The van der Waals surface area contributed by atoms with Crippen molar-refractivity contribution in [1.82, 2.24) is 0 Å². The second-order valence-corrected chi connectivity index (χ2v) is 4.02. The zero-order valence-electron chi connectivity index (χ0n) is 9.15. The predicted octanol–water partition coefficient (Wildman–Crippen LogP) is 1.48. The smallest absolute Gasteiger partial charge is 0.123 e. The molecule has 0 aliphatic carbocycles. The molecule has 4 nitrogen and oxygen atoms in total. The number of nitrogens with one attached hydrogen (secondary N) is 1. The van der Waals surface area contributed by atoms with E-state index in [0.717, 1.165) is 31.7 Å². The maximum Gasteiger partial charge on any atom is 0.123 e. The summed E-state index contributed by atoms with van der Waals surface area (Å²) in [4.78, 5) is 0. The first kappa shape index (κ1) is 11.2. The summed E-state index contributed by atoms with van der Waals surface area (Å²) in [7, 11) is 0. The number of rotatable bonds is 4. The molecular weight excluding hydrogens is 206 g/mol. The monoisotopic (exact) mass is 223 g/mol. The Morgan fingerprint density at radius 2 is 2.31 bits per heavy atom. The lowest BCUT2D eigenvalue weighted by atomic mass is 10.2. The fourth-order valence-electron chi connectivity index (χ4n) is 1.84. The molecule has 0 aromatic heterocycles. The van der Waals surface area contributed by atoms with Gasteiger partial charge in [-0.2, -0.15) is 0 Å². The van der Waals surface area contributed by atoms with Gasteiger partial charge in [-0.15, -0.1) is 0 Å². The molecule has 1 aromatic carbocycles. The van der Waals surface area contributed by atoms with Crippen LogP contribution in [0.1, 0.15) is 18.4 Å². The zero-order valence-corrected chi connectivity index (χ0v) is 9.15. The Morgan fingerprint density at radius 3 is 2.94 bits per heavy atom. The Kier molecular flexibility index (Phi) is 3.64. The number of anilines is 1. The number of benzene rings is 1. The highest BCUT2D eigenvalue weighted by Crippen LogP contribution is 2.22. The highest BCUT2D eigenvalue weighted by Gasteiger charge is 2.14. The predicted molar refractivity (Wildman–Crippen MR) is 61.5 cm³/mol. The number of ether oxygens (including phenoxy) is 1. The summed E-state index contributed by atoms with van der Waals surface area (Å²) in [5.74, 6) is 0.125.